The number of hydrogen-bond donors (Lipinski definition) is 1. The molecular formula is C19H21FN2O4S. The molecule has 0 radical (unpaired) electrons. The molecule has 2 aromatic rings. The quantitative estimate of drug-likeness (QED) is 0.868. The van der Waals surface area contributed by atoms with Gasteiger partial charge in [-0.15, -0.1) is 0 Å². The van der Waals surface area contributed by atoms with Gasteiger partial charge < -0.3 is 9.64 Å². The second kappa shape index (κ2) is 7.66. The Balaban J connectivity index is 1.90. The zero-order valence-electron chi connectivity index (χ0n) is 15.1. The second-order valence-corrected chi connectivity index (χ2v) is 8.18. The Morgan fingerprint density at radius 1 is 1.26 bits per heavy atom. The van der Waals surface area contributed by atoms with Gasteiger partial charge in [0.1, 0.15) is 5.82 Å². The first-order valence-corrected chi connectivity index (χ1v) is 10.0. The highest BCUT2D eigenvalue weighted by Crippen LogP contribution is 2.22. The summed E-state index contributed by atoms with van der Waals surface area (Å²) in [5.41, 5.74) is 0.831. The zero-order valence-corrected chi connectivity index (χ0v) is 15.9. The van der Waals surface area contributed by atoms with Gasteiger partial charge >= 0.3 is 0 Å². The van der Waals surface area contributed by atoms with Crippen molar-refractivity contribution in [1.29, 1.82) is 0 Å². The lowest BCUT2D eigenvalue weighted by Crippen LogP contribution is -2.44. The molecule has 1 aliphatic heterocycles. The summed E-state index contributed by atoms with van der Waals surface area (Å²) >= 11 is 0. The number of anilines is 1. The van der Waals surface area contributed by atoms with Crippen molar-refractivity contribution in [3.05, 3.63) is 59.4 Å². The number of nitrogens with one attached hydrogen (secondary N) is 1. The molecule has 0 spiro atoms. The summed E-state index contributed by atoms with van der Waals surface area (Å²) in [7, 11) is -4.04. The third kappa shape index (κ3) is 4.28. The molecule has 1 saturated heterocycles. The van der Waals surface area contributed by atoms with Crippen LogP contribution in [0, 0.1) is 12.7 Å². The van der Waals surface area contributed by atoms with Crippen molar-refractivity contribution in [3.8, 4) is 0 Å². The number of nitrogens with zero attached hydrogens (tertiary/aromatic N) is 1. The molecule has 144 valence electrons. The van der Waals surface area contributed by atoms with Crippen LogP contribution in [0.3, 0.4) is 0 Å². The number of sulfonamides is 1. The highest BCUT2D eigenvalue weighted by Gasteiger charge is 2.25. The van der Waals surface area contributed by atoms with Crippen LogP contribution in [0.25, 0.3) is 0 Å². The Labute approximate surface area is 158 Å². The Morgan fingerprint density at radius 2 is 2.00 bits per heavy atom. The first-order valence-electron chi connectivity index (χ1n) is 8.57. The molecule has 0 bridgehead atoms. The van der Waals surface area contributed by atoms with Crippen molar-refractivity contribution in [2.45, 2.75) is 24.8 Å². The fraction of sp³-hybridized carbons (Fsp3) is 0.316. The summed E-state index contributed by atoms with van der Waals surface area (Å²) in [5.74, 6) is -0.919. The van der Waals surface area contributed by atoms with Gasteiger partial charge in [0, 0.05) is 18.7 Å². The van der Waals surface area contributed by atoms with E-state index in [-0.39, 0.29) is 22.6 Å². The topological polar surface area (TPSA) is 75.7 Å². The van der Waals surface area contributed by atoms with E-state index in [0.29, 0.717) is 30.8 Å². The lowest BCUT2D eigenvalue weighted by molar-refractivity contribution is -0.0124. The average molecular weight is 392 g/mol. The van der Waals surface area contributed by atoms with E-state index in [9.17, 15) is 17.6 Å². The summed E-state index contributed by atoms with van der Waals surface area (Å²) in [6.45, 7) is 4.97. The molecule has 1 amide bonds. The minimum Gasteiger partial charge on any atom is -0.375 e. The van der Waals surface area contributed by atoms with Gasteiger partial charge in [0.05, 0.1) is 23.3 Å². The molecule has 0 aromatic heterocycles. The Bertz CT molecular complexity index is 962. The maximum absolute atomic E-state index is 13.8. The number of ether oxygens (including phenoxy) is 1. The number of para-hydroxylation sites is 1. The number of morpholine rings is 1. The molecule has 1 heterocycles. The molecule has 2 aromatic carbocycles. The van der Waals surface area contributed by atoms with Crippen molar-refractivity contribution in [3.63, 3.8) is 0 Å². The predicted molar refractivity (Wildman–Crippen MR) is 99.7 cm³/mol. The highest BCUT2D eigenvalue weighted by atomic mass is 32.2. The third-order valence-corrected chi connectivity index (χ3v) is 5.76. The molecule has 1 atom stereocenters. The van der Waals surface area contributed by atoms with Gasteiger partial charge in [-0.1, -0.05) is 18.2 Å². The maximum atomic E-state index is 13.8. The first-order chi connectivity index (χ1) is 12.8. The molecule has 27 heavy (non-hydrogen) atoms. The number of aryl methyl sites for hydroxylation is 1. The van der Waals surface area contributed by atoms with E-state index in [1.54, 1.807) is 17.9 Å². The molecule has 1 aliphatic rings. The van der Waals surface area contributed by atoms with Crippen LogP contribution in [0.2, 0.25) is 0 Å². The number of hydrogen-bond acceptors (Lipinski definition) is 4. The van der Waals surface area contributed by atoms with Crippen molar-refractivity contribution in [2.75, 3.05) is 24.4 Å². The summed E-state index contributed by atoms with van der Waals surface area (Å²) in [6, 6.07) is 9.82. The van der Waals surface area contributed by atoms with E-state index >= 15 is 0 Å². The molecule has 1 N–H and O–H groups in total. The summed E-state index contributed by atoms with van der Waals surface area (Å²) in [4.78, 5) is 14.4. The average Bonchev–Trinajstić information content (AvgIpc) is 2.63. The Morgan fingerprint density at radius 3 is 2.70 bits per heavy atom. The van der Waals surface area contributed by atoms with Gasteiger partial charge in [-0.3, -0.25) is 9.52 Å². The van der Waals surface area contributed by atoms with Gasteiger partial charge in [-0.2, -0.15) is 0 Å². The molecular weight excluding hydrogens is 371 g/mol. The van der Waals surface area contributed by atoms with Gasteiger partial charge in [0.2, 0.25) is 0 Å². The zero-order chi connectivity index (χ0) is 19.6. The molecule has 1 fully saturated rings. The third-order valence-electron chi connectivity index (χ3n) is 4.40. The number of halogens is 1. The predicted octanol–water partition coefficient (Wildman–Crippen LogP) is 2.80. The number of rotatable bonds is 4. The van der Waals surface area contributed by atoms with Crippen LogP contribution < -0.4 is 4.72 Å². The molecule has 1 unspecified atom stereocenters. The minimum atomic E-state index is -4.04. The van der Waals surface area contributed by atoms with Crippen LogP contribution in [-0.2, 0) is 14.8 Å². The van der Waals surface area contributed by atoms with Gasteiger partial charge in [-0.05, 0) is 43.7 Å². The Kier molecular flexibility index (Phi) is 5.48. The minimum absolute atomic E-state index is 0.0716. The van der Waals surface area contributed by atoms with Crippen molar-refractivity contribution in [1.82, 2.24) is 4.90 Å². The van der Waals surface area contributed by atoms with Crippen molar-refractivity contribution < 1.29 is 22.3 Å². The maximum Gasteiger partial charge on any atom is 0.262 e. The largest absolute Gasteiger partial charge is 0.375 e. The fourth-order valence-corrected chi connectivity index (χ4v) is 4.01. The van der Waals surface area contributed by atoms with E-state index in [1.165, 1.54) is 36.4 Å². The summed E-state index contributed by atoms with van der Waals surface area (Å²) in [6.07, 6.45) is -0.0716. The van der Waals surface area contributed by atoms with E-state index in [1.807, 2.05) is 6.92 Å². The van der Waals surface area contributed by atoms with Crippen LogP contribution >= 0.6 is 0 Å². The molecule has 0 aliphatic carbocycles. The summed E-state index contributed by atoms with van der Waals surface area (Å²) < 4.78 is 46.8. The number of carbonyl (C=O) groups excluding carboxylic acids is 1. The number of benzene rings is 2. The van der Waals surface area contributed by atoms with Crippen LogP contribution in [0.5, 0.6) is 0 Å². The summed E-state index contributed by atoms with van der Waals surface area (Å²) in [5, 5.41) is 0. The smallest absolute Gasteiger partial charge is 0.262 e. The number of carbonyl (C=O) groups is 1. The van der Waals surface area contributed by atoms with Crippen LogP contribution in [0.4, 0.5) is 10.1 Å². The highest BCUT2D eigenvalue weighted by molar-refractivity contribution is 7.92. The van der Waals surface area contributed by atoms with E-state index in [2.05, 4.69) is 4.72 Å². The lowest BCUT2D eigenvalue weighted by atomic mass is 10.1. The Hall–Kier alpha value is -2.45. The van der Waals surface area contributed by atoms with Crippen LogP contribution in [0.15, 0.2) is 47.4 Å². The first kappa shape index (κ1) is 19.3. The van der Waals surface area contributed by atoms with Crippen LogP contribution in [0.1, 0.15) is 22.8 Å². The van der Waals surface area contributed by atoms with Gasteiger partial charge in [0.25, 0.3) is 15.9 Å². The SMILES string of the molecule is Cc1ccc(S(=O)(=O)Nc2ccccc2F)cc1C(=O)N1CCOC(C)C1. The standard InChI is InChI=1S/C19H21FN2O4S/c1-13-7-8-15(27(24,25)21-18-6-4-3-5-17(18)20)11-16(13)19(23)22-9-10-26-14(2)12-22/h3-8,11,14,21H,9-10,12H2,1-2H3. The second-order valence-electron chi connectivity index (χ2n) is 6.49. The normalized spacial score (nSPS) is 17.6. The number of amides is 1. The van der Waals surface area contributed by atoms with Crippen LogP contribution in [-0.4, -0.2) is 45.0 Å². The fourth-order valence-electron chi connectivity index (χ4n) is 2.92. The monoisotopic (exact) mass is 392 g/mol. The lowest BCUT2D eigenvalue weighted by Gasteiger charge is -2.31. The molecule has 0 saturated carbocycles. The van der Waals surface area contributed by atoms with Crippen molar-refractivity contribution in [2.24, 2.45) is 0 Å². The van der Waals surface area contributed by atoms with E-state index in [0.717, 1.165) is 0 Å². The van der Waals surface area contributed by atoms with Crippen molar-refractivity contribution >= 4 is 21.6 Å². The molecule has 3 rings (SSSR count). The van der Waals surface area contributed by atoms with Gasteiger partial charge in [-0.25, -0.2) is 12.8 Å². The molecule has 6 nitrogen and oxygen atoms in total. The van der Waals surface area contributed by atoms with Gasteiger partial charge in [0.15, 0.2) is 0 Å². The van der Waals surface area contributed by atoms with E-state index < -0.39 is 15.8 Å². The van der Waals surface area contributed by atoms with E-state index in [4.69, 9.17) is 4.74 Å². The molecule has 8 heteroatoms.